The summed E-state index contributed by atoms with van der Waals surface area (Å²) in [6, 6.07) is 38.2. The number of aryl methyl sites for hydroxylation is 1. The Bertz CT molecular complexity index is 1470. The summed E-state index contributed by atoms with van der Waals surface area (Å²) < 4.78 is 8.68. The fourth-order valence-corrected chi connectivity index (χ4v) is 5.99. The van der Waals surface area contributed by atoms with E-state index >= 15 is 0 Å². The van der Waals surface area contributed by atoms with Crippen molar-refractivity contribution in [2.75, 3.05) is 11.5 Å². The summed E-state index contributed by atoms with van der Waals surface area (Å²) >= 11 is 0. The second-order valence-electron chi connectivity index (χ2n) is 9.40. The molecule has 4 aromatic carbocycles. The first-order chi connectivity index (χ1) is 17.7. The van der Waals surface area contributed by atoms with E-state index in [4.69, 9.17) is 9.95 Å². The summed E-state index contributed by atoms with van der Waals surface area (Å²) in [6.45, 7) is 4.88. The van der Waals surface area contributed by atoms with Crippen molar-refractivity contribution >= 4 is 16.7 Å². The number of hydrogen-bond acceptors (Lipinski definition) is 4. The summed E-state index contributed by atoms with van der Waals surface area (Å²) in [7, 11) is 0. The first kappa shape index (κ1) is 22.5. The molecule has 0 aliphatic carbocycles. The summed E-state index contributed by atoms with van der Waals surface area (Å²) in [5.74, 6) is 0. The van der Waals surface area contributed by atoms with Gasteiger partial charge in [0.2, 0.25) is 0 Å². The molecule has 0 spiro atoms. The summed E-state index contributed by atoms with van der Waals surface area (Å²) in [5.41, 5.74) is 6.16. The highest BCUT2D eigenvalue weighted by atomic mass is 16.5. The van der Waals surface area contributed by atoms with Gasteiger partial charge >= 0.3 is 0 Å². The highest BCUT2D eigenvalue weighted by molar-refractivity contribution is 5.75. The molecular formula is C31H30N4O. The number of anilines is 1. The maximum Gasteiger partial charge on any atom is 0.133 e. The lowest BCUT2D eigenvalue weighted by molar-refractivity contribution is 0.0623. The third-order valence-corrected chi connectivity index (χ3v) is 7.40. The van der Waals surface area contributed by atoms with E-state index in [1.165, 1.54) is 16.7 Å². The molecule has 3 atom stereocenters. The Labute approximate surface area is 212 Å². The third-order valence-electron chi connectivity index (χ3n) is 7.40. The number of nitrogens with zero attached hydrogens (tertiary/aromatic N) is 4. The quantitative estimate of drug-likeness (QED) is 0.282. The van der Waals surface area contributed by atoms with Gasteiger partial charge in [0.1, 0.15) is 17.3 Å². The molecule has 6 rings (SSSR count). The Morgan fingerprint density at radius 2 is 1.50 bits per heavy atom. The van der Waals surface area contributed by atoms with Crippen molar-refractivity contribution < 1.29 is 4.74 Å². The van der Waals surface area contributed by atoms with Gasteiger partial charge in [-0.25, -0.2) is 4.68 Å². The van der Waals surface area contributed by atoms with E-state index in [1.54, 1.807) is 0 Å². The molecule has 1 aromatic heterocycles. The predicted octanol–water partition coefficient (Wildman–Crippen LogP) is 6.50. The highest BCUT2D eigenvalue weighted by Gasteiger charge is 2.57. The second-order valence-corrected chi connectivity index (χ2v) is 9.40. The summed E-state index contributed by atoms with van der Waals surface area (Å²) in [4.78, 5) is 2.45. The highest BCUT2D eigenvalue weighted by Crippen LogP contribution is 2.55. The normalized spacial score (nSPS) is 21.8. The van der Waals surface area contributed by atoms with Crippen LogP contribution < -0.4 is 4.90 Å². The van der Waals surface area contributed by atoms with E-state index in [-0.39, 0.29) is 12.3 Å². The van der Waals surface area contributed by atoms with Crippen LogP contribution in [0.5, 0.6) is 0 Å². The minimum Gasteiger partial charge on any atom is -0.359 e. The van der Waals surface area contributed by atoms with E-state index in [1.807, 2.05) is 12.1 Å². The largest absolute Gasteiger partial charge is 0.359 e. The van der Waals surface area contributed by atoms with E-state index < -0.39 is 5.54 Å². The molecule has 3 unspecified atom stereocenters. The average molecular weight is 475 g/mol. The van der Waals surface area contributed by atoms with Crippen LogP contribution in [0.2, 0.25) is 0 Å². The maximum absolute atomic E-state index is 6.51. The van der Waals surface area contributed by atoms with Crippen molar-refractivity contribution in [2.24, 2.45) is 0 Å². The molecule has 1 fully saturated rings. The molecule has 5 heteroatoms. The van der Waals surface area contributed by atoms with Gasteiger partial charge in [-0.3, -0.25) is 0 Å². The van der Waals surface area contributed by atoms with Gasteiger partial charge in [0.25, 0.3) is 0 Å². The first-order valence-corrected chi connectivity index (χ1v) is 12.6. The molecule has 1 aliphatic heterocycles. The lowest BCUT2D eigenvalue weighted by atomic mass is 9.77. The van der Waals surface area contributed by atoms with Crippen molar-refractivity contribution in [3.05, 3.63) is 126 Å². The molecule has 5 nitrogen and oxygen atoms in total. The molecule has 0 N–H and O–H groups in total. The molecule has 0 amide bonds. The van der Waals surface area contributed by atoms with Crippen LogP contribution in [-0.4, -0.2) is 27.8 Å². The lowest BCUT2D eigenvalue weighted by Gasteiger charge is -2.40. The lowest BCUT2D eigenvalue weighted by Crippen LogP contribution is -2.43. The number of fused-ring (bicyclic) bond motifs is 1. The van der Waals surface area contributed by atoms with Gasteiger partial charge in [-0.1, -0.05) is 90.1 Å². The molecule has 180 valence electrons. The maximum atomic E-state index is 6.51. The Balaban J connectivity index is 1.72. The fraction of sp³-hybridized carbons (Fsp3) is 0.226. The zero-order valence-corrected chi connectivity index (χ0v) is 20.7. The first-order valence-electron chi connectivity index (χ1n) is 12.6. The second kappa shape index (κ2) is 9.25. The average Bonchev–Trinajstić information content (AvgIpc) is 3.50. The van der Waals surface area contributed by atoms with Crippen molar-refractivity contribution in [1.29, 1.82) is 0 Å². The van der Waals surface area contributed by atoms with Crippen molar-refractivity contribution in [1.82, 2.24) is 15.0 Å². The van der Waals surface area contributed by atoms with Gasteiger partial charge in [0, 0.05) is 18.7 Å². The van der Waals surface area contributed by atoms with Gasteiger partial charge in [0.15, 0.2) is 0 Å². The van der Waals surface area contributed by atoms with Crippen LogP contribution in [0.15, 0.2) is 109 Å². The zero-order chi connectivity index (χ0) is 24.5. The topological polar surface area (TPSA) is 43.2 Å². The predicted molar refractivity (Wildman–Crippen MR) is 144 cm³/mol. The molecule has 1 aliphatic rings. The molecule has 1 saturated heterocycles. The van der Waals surface area contributed by atoms with Gasteiger partial charge in [-0.15, -0.1) is 5.10 Å². The molecule has 0 bridgehead atoms. The van der Waals surface area contributed by atoms with Crippen molar-refractivity contribution in [3.63, 3.8) is 0 Å². The van der Waals surface area contributed by atoms with E-state index in [2.05, 4.69) is 126 Å². The number of aromatic nitrogens is 3. The van der Waals surface area contributed by atoms with E-state index in [9.17, 15) is 0 Å². The van der Waals surface area contributed by atoms with Crippen molar-refractivity contribution in [3.8, 4) is 0 Å². The van der Waals surface area contributed by atoms with Gasteiger partial charge in [0.05, 0.1) is 11.6 Å². The smallest absolute Gasteiger partial charge is 0.133 e. The zero-order valence-electron chi connectivity index (χ0n) is 20.7. The van der Waals surface area contributed by atoms with Crippen LogP contribution in [0.25, 0.3) is 11.0 Å². The third kappa shape index (κ3) is 3.50. The minimum atomic E-state index is -0.557. The number of ether oxygens (including phenoxy) is 1. The SMILES string of the molecule is CCOC1CC(c2ccccc2C)(n2nnc3ccccc32)C(c2ccccc2)N1c1ccccc1. The molecular weight excluding hydrogens is 444 g/mol. The van der Waals surface area contributed by atoms with Gasteiger partial charge in [-0.05, 0) is 54.8 Å². The number of hydrogen-bond donors (Lipinski definition) is 0. The Hall–Kier alpha value is -3.96. The van der Waals surface area contributed by atoms with Gasteiger partial charge in [-0.2, -0.15) is 0 Å². The Kier molecular flexibility index (Phi) is 5.78. The van der Waals surface area contributed by atoms with E-state index in [0.29, 0.717) is 6.61 Å². The molecule has 0 radical (unpaired) electrons. The molecule has 5 aromatic rings. The molecule has 36 heavy (non-hydrogen) atoms. The Morgan fingerprint density at radius 3 is 2.25 bits per heavy atom. The van der Waals surface area contributed by atoms with Crippen LogP contribution in [0, 0.1) is 6.92 Å². The number of rotatable bonds is 6. The minimum absolute atomic E-state index is 0.0798. The van der Waals surface area contributed by atoms with Crippen LogP contribution in [0.3, 0.4) is 0 Å². The summed E-state index contributed by atoms with van der Waals surface area (Å²) in [6.07, 6.45) is 0.582. The molecule has 0 saturated carbocycles. The standard InChI is InChI=1S/C31H30N4O/c1-3-36-29-22-31(26-19-11-10-14-23(26)2,35-28-21-13-12-20-27(28)32-33-35)30(24-15-6-4-7-16-24)34(29)25-17-8-5-9-18-25/h4-21,29-30H,3,22H2,1-2H3. The summed E-state index contributed by atoms with van der Waals surface area (Å²) in [5, 5.41) is 9.46. The number of benzene rings is 4. The van der Waals surface area contributed by atoms with E-state index in [0.717, 1.165) is 23.1 Å². The van der Waals surface area contributed by atoms with Crippen molar-refractivity contribution in [2.45, 2.75) is 38.1 Å². The van der Waals surface area contributed by atoms with Crippen LogP contribution >= 0.6 is 0 Å². The monoisotopic (exact) mass is 474 g/mol. The van der Waals surface area contributed by atoms with Gasteiger partial charge < -0.3 is 9.64 Å². The van der Waals surface area contributed by atoms with Crippen LogP contribution in [0.1, 0.15) is 36.1 Å². The molecule has 2 heterocycles. The fourth-order valence-electron chi connectivity index (χ4n) is 5.99. The van der Waals surface area contributed by atoms with Crippen LogP contribution in [0.4, 0.5) is 5.69 Å². The number of para-hydroxylation sites is 2. The van der Waals surface area contributed by atoms with Crippen LogP contribution in [-0.2, 0) is 10.3 Å². The Morgan fingerprint density at radius 1 is 0.833 bits per heavy atom.